The summed E-state index contributed by atoms with van der Waals surface area (Å²) < 4.78 is 28.9. The maximum Gasteiger partial charge on any atom is 0.130 e. The van der Waals surface area contributed by atoms with E-state index in [1.165, 1.54) is 0 Å². The molecule has 0 spiro atoms. The molecule has 2 heteroatoms. The zero-order chi connectivity index (χ0) is 15.0. The van der Waals surface area contributed by atoms with Crippen molar-refractivity contribution in [2.24, 2.45) is 0 Å². The van der Waals surface area contributed by atoms with Crippen LogP contribution in [0.3, 0.4) is 0 Å². The van der Waals surface area contributed by atoms with E-state index >= 15 is 0 Å². The Morgan fingerprint density at radius 2 is 1.67 bits per heavy atom. The topological polar surface area (TPSA) is 0 Å². The Labute approximate surface area is 124 Å². The second-order valence-corrected chi connectivity index (χ2v) is 5.85. The molecule has 0 nitrogen and oxygen atoms in total. The van der Waals surface area contributed by atoms with Crippen LogP contribution in [0.2, 0.25) is 0 Å². The minimum Gasteiger partial charge on any atom is -0.207 e. The van der Waals surface area contributed by atoms with E-state index in [-0.39, 0.29) is 11.6 Å². The highest BCUT2D eigenvalue weighted by molar-refractivity contribution is 5.78. The smallest absolute Gasteiger partial charge is 0.130 e. The third kappa shape index (κ3) is 2.37. The van der Waals surface area contributed by atoms with E-state index in [0.29, 0.717) is 17.5 Å². The summed E-state index contributed by atoms with van der Waals surface area (Å²) in [4.78, 5) is 0. The van der Waals surface area contributed by atoms with Gasteiger partial charge in [-0.2, -0.15) is 0 Å². The molecule has 0 saturated heterocycles. The molecule has 3 rings (SSSR count). The van der Waals surface area contributed by atoms with E-state index in [4.69, 9.17) is 0 Å². The molecule has 0 bridgehead atoms. The van der Waals surface area contributed by atoms with Gasteiger partial charge in [0.2, 0.25) is 0 Å². The minimum absolute atomic E-state index is 0.137. The lowest BCUT2D eigenvalue weighted by atomic mass is 9.98. The minimum atomic E-state index is -0.191. The lowest BCUT2D eigenvalue weighted by Crippen LogP contribution is -1.96. The second-order valence-electron chi connectivity index (χ2n) is 5.85. The van der Waals surface area contributed by atoms with Crippen LogP contribution in [0.5, 0.6) is 0 Å². The molecule has 2 aromatic carbocycles. The molecule has 0 N–H and O–H groups in total. The third-order valence-electron chi connectivity index (χ3n) is 4.28. The number of rotatable bonds is 4. The van der Waals surface area contributed by atoms with Crippen LogP contribution in [0.15, 0.2) is 24.3 Å². The first-order chi connectivity index (χ1) is 10.2. The van der Waals surface area contributed by atoms with Gasteiger partial charge in [0.05, 0.1) is 0 Å². The summed E-state index contributed by atoms with van der Waals surface area (Å²) in [6, 6.07) is 7.47. The van der Waals surface area contributed by atoms with Gasteiger partial charge in [0.1, 0.15) is 11.6 Å². The van der Waals surface area contributed by atoms with Gasteiger partial charge in [0.15, 0.2) is 0 Å². The lowest BCUT2D eigenvalue weighted by molar-refractivity contribution is 0.591. The predicted molar refractivity (Wildman–Crippen MR) is 82.6 cm³/mol. The van der Waals surface area contributed by atoms with E-state index in [9.17, 15) is 8.78 Å². The van der Waals surface area contributed by atoms with Gasteiger partial charge in [-0.25, -0.2) is 8.78 Å². The molecule has 2 aromatic rings. The molecule has 0 aliphatic heterocycles. The summed E-state index contributed by atoms with van der Waals surface area (Å²) >= 11 is 0. The molecule has 0 unspecified atom stereocenters. The van der Waals surface area contributed by atoms with Gasteiger partial charge in [-0.3, -0.25) is 0 Å². The molecule has 21 heavy (non-hydrogen) atoms. The SMILES string of the molecule is CCCc1cc(F)c2c(c1)-c1ccc(CCC)c(F)c1C2. The van der Waals surface area contributed by atoms with Gasteiger partial charge < -0.3 is 0 Å². The van der Waals surface area contributed by atoms with E-state index < -0.39 is 0 Å². The molecule has 0 atom stereocenters. The number of aryl methyl sites for hydroxylation is 2. The Morgan fingerprint density at radius 1 is 0.905 bits per heavy atom. The van der Waals surface area contributed by atoms with Gasteiger partial charge in [0, 0.05) is 17.5 Å². The fourth-order valence-corrected chi connectivity index (χ4v) is 3.28. The molecule has 0 fully saturated rings. The average Bonchev–Trinajstić information content (AvgIpc) is 2.83. The molecular formula is C19H20F2. The van der Waals surface area contributed by atoms with Crippen molar-refractivity contribution >= 4 is 0 Å². The first-order valence-electron chi connectivity index (χ1n) is 7.77. The van der Waals surface area contributed by atoms with Crippen LogP contribution in [-0.4, -0.2) is 0 Å². The average molecular weight is 286 g/mol. The van der Waals surface area contributed by atoms with E-state index in [0.717, 1.165) is 47.9 Å². The summed E-state index contributed by atoms with van der Waals surface area (Å²) in [5.74, 6) is -0.328. The predicted octanol–water partition coefficient (Wildman–Crippen LogP) is 5.44. The highest BCUT2D eigenvalue weighted by atomic mass is 19.1. The Morgan fingerprint density at radius 3 is 2.38 bits per heavy atom. The van der Waals surface area contributed by atoms with Gasteiger partial charge in [-0.05, 0) is 41.2 Å². The van der Waals surface area contributed by atoms with Crippen LogP contribution in [0, 0.1) is 11.6 Å². The van der Waals surface area contributed by atoms with Gasteiger partial charge in [-0.15, -0.1) is 0 Å². The van der Waals surface area contributed by atoms with Crippen molar-refractivity contribution in [3.05, 3.63) is 58.2 Å². The maximum atomic E-state index is 14.6. The fraction of sp³-hybridized carbons (Fsp3) is 0.368. The quantitative estimate of drug-likeness (QED) is 0.599. The van der Waals surface area contributed by atoms with Crippen molar-refractivity contribution in [2.75, 3.05) is 0 Å². The zero-order valence-corrected chi connectivity index (χ0v) is 12.6. The molecule has 0 saturated carbocycles. The van der Waals surface area contributed by atoms with Crippen LogP contribution in [0.1, 0.15) is 48.9 Å². The van der Waals surface area contributed by atoms with Crippen molar-refractivity contribution in [3.8, 4) is 11.1 Å². The highest BCUT2D eigenvalue weighted by Crippen LogP contribution is 2.40. The van der Waals surface area contributed by atoms with Gasteiger partial charge >= 0.3 is 0 Å². The van der Waals surface area contributed by atoms with Crippen molar-refractivity contribution in [1.82, 2.24) is 0 Å². The number of halogens is 2. The van der Waals surface area contributed by atoms with Crippen molar-refractivity contribution < 1.29 is 8.78 Å². The highest BCUT2D eigenvalue weighted by Gasteiger charge is 2.26. The number of fused-ring (bicyclic) bond motifs is 3. The number of hydrogen-bond acceptors (Lipinski definition) is 0. The van der Waals surface area contributed by atoms with Crippen molar-refractivity contribution in [1.29, 1.82) is 0 Å². The molecule has 0 radical (unpaired) electrons. The summed E-state index contributed by atoms with van der Waals surface area (Å²) in [5, 5.41) is 0. The van der Waals surface area contributed by atoms with Crippen molar-refractivity contribution in [3.63, 3.8) is 0 Å². The lowest BCUT2D eigenvalue weighted by Gasteiger charge is -2.08. The monoisotopic (exact) mass is 286 g/mol. The van der Waals surface area contributed by atoms with E-state index in [1.54, 1.807) is 6.07 Å². The van der Waals surface area contributed by atoms with Gasteiger partial charge in [-0.1, -0.05) is 44.9 Å². The van der Waals surface area contributed by atoms with E-state index in [1.807, 2.05) is 25.1 Å². The van der Waals surface area contributed by atoms with Crippen LogP contribution in [0.25, 0.3) is 11.1 Å². The second kappa shape index (κ2) is 5.59. The summed E-state index contributed by atoms with van der Waals surface area (Å²) in [6.45, 7) is 4.12. The van der Waals surface area contributed by atoms with Crippen LogP contribution in [0.4, 0.5) is 8.78 Å². The maximum absolute atomic E-state index is 14.6. The standard InChI is InChI=1S/C19H20F2/c1-3-5-12-9-15-14-8-7-13(6-4-2)19(21)17(14)11-16(15)18(20)10-12/h7-10H,3-6,11H2,1-2H3. The summed E-state index contributed by atoms with van der Waals surface area (Å²) in [5.41, 5.74) is 4.83. The molecule has 0 aromatic heterocycles. The molecule has 0 amide bonds. The zero-order valence-electron chi connectivity index (χ0n) is 12.6. The van der Waals surface area contributed by atoms with Crippen LogP contribution >= 0.6 is 0 Å². The first-order valence-corrected chi connectivity index (χ1v) is 7.77. The molecule has 1 aliphatic carbocycles. The molecule has 0 heterocycles. The first kappa shape index (κ1) is 14.2. The summed E-state index contributed by atoms with van der Waals surface area (Å²) in [7, 11) is 0. The molecule has 110 valence electrons. The number of hydrogen-bond donors (Lipinski definition) is 0. The van der Waals surface area contributed by atoms with Gasteiger partial charge in [0.25, 0.3) is 0 Å². The molecular weight excluding hydrogens is 266 g/mol. The Balaban J connectivity index is 2.11. The Hall–Kier alpha value is -1.70. The molecule has 1 aliphatic rings. The van der Waals surface area contributed by atoms with Crippen LogP contribution < -0.4 is 0 Å². The Kier molecular flexibility index (Phi) is 3.79. The van der Waals surface area contributed by atoms with Crippen molar-refractivity contribution in [2.45, 2.75) is 46.0 Å². The largest absolute Gasteiger partial charge is 0.207 e. The fourth-order valence-electron chi connectivity index (χ4n) is 3.28. The summed E-state index contributed by atoms with van der Waals surface area (Å²) in [6.07, 6.45) is 3.87. The number of benzene rings is 2. The normalized spacial score (nSPS) is 12.4. The third-order valence-corrected chi connectivity index (χ3v) is 4.28. The Bertz CT molecular complexity index is 686. The van der Waals surface area contributed by atoms with E-state index in [2.05, 4.69) is 6.92 Å². The van der Waals surface area contributed by atoms with Crippen LogP contribution in [-0.2, 0) is 19.3 Å².